The second-order valence-corrected chi connectivity index (χ2v) is 7.34. The lowest BCUT2D eigenvalue weighted by Gasteiger charge is -2.36. The van der Waals surface area contributed by atoms with Crippen LogP contribution in [0.25, 0.3) is 0 Å². The summed E-state index contributed by atoms with van der Waals surface area (Å²) in [5.41, 5.74) is 0.647. The van der Waals surface area contributed by atoms with Crippen molar-refractivity contribution >= 4 is 34.8 Å². The highest BCUT2D eigenvalue weighted by Gasteiger charge is 2.19. The van der Waals surface area contributed by atoms with Crippen LogP contribution in [0.4, 0.5) is 10.1 Å². The summed E-state index contributed by atoms with van der Waals surface area (Å²) >= 11 is 11.8. The zero-order chi connectivity index (χ0) is 19.9. The number of hydrogen-bond acceptors (Lipinski definition) is 4. The molecule has 1 aliphatic heterocycles. The van der Waals surface area contributed by atoms with Gasteiger partial charge in [0.05, 0.1) is 10.7 Å². The molecule has 0 unspecified atom stereocenters. The van der Waals surface area contributed by atoms with Gasteiger partial charge >= 0.3 is 0 Å². The summed E-state index contributed by atoms with van der Waals surface area (Å²) in [6.45, 7) is 4.31. The van der Waals surface area contributed by atoms with Crippen LogP contribution in [-0.2, 0) is 4.79 Å². The van der Waals surface area contributed by atoms with Crippen molar-refractivity contribution in [2.45, 2.75) is 0 Å². The van der Waals surface area contributed by atoms with E-state index in [1.807, 2.05) is 11.0 Å². The maximum atomic E-state index is 13.9. The number of piperazine rings is 1. The molecule has 8 heteroatoms. The van der Waals surface area contributed by atoms with Gasteiger partial charge in [-0.25, -0.2) is 4.39 Å². The zero-order valence-corrected chi connectivity index (χ0v) is 16.8. The van der Waals surface area contributed by atoms with Crippen molar-refractivity contribution in [2.24, 2.45) is 0 Å². The minimum Gasteiger partial charge on any atom is -0.482 e. The Morgan fingerprint density at radius 3 is 2.57 bits per heavy atom. The first kappa shape index (κ1) is 20.7. The lowest BCUT2D eigenvalue weighted by atomic mass is 10.2. The van der Waals surface area contributed by atoms with E-state index in [1.165, 1.54) is 6.07 Å². The van der Waals surface area contributed by atoms with Crippen molar-refractivity contribution in [2.75, 3.05) is 50.8 Å². The lowest BCUT2D eigenvalue weighted by molar-refractivity contribution is -0.123. The molecule has 5 nitrogen and oxygen atoms in total. The number of rotatable bonds is 7. The summed E-state index contributed by atoms with van der Waals surface area (Å²) < 4.78 is 19.3. The Hall–Kier alpha value is -2.02. The van der Waals surface area contributed by atoms with E-state index >= 15 is 0 Å². The van der Waals surface area contributed by atoms with Crippen molar-refractivity contribution in [1.82, 2.24) is 10.2 Å². The van der Waals surface area contributed by atoms with Gasteiger partial charge < -0.3 is 15.0 Å². The first-order valence-electron chi connectivity index (χ1n) is 9.09. The van der Waals surface area contributed by atoms with Gasteiger partial charge in [0.2, 0.25) is 0 Å². The number of anilines is 1. The molecule has 0 atom stereocenters. The number of para-hydroxylation sites is 1. The molecule has 1 N–H and O–H groups in total. The molecule has 1 saturated heterocycles. The molecule has 1 fully saturated rings. The Morgan fingerprint density at radius 1 is 1.11 bits per heavy atom. The molecule has 0 saturated carbocycles. The van der Waals surface area contributed by atoms with E-state index in [1.54, 1.807) is 30.3 Å². The molecular formula is C20H22Cl2FN3O2. The largest absolute Gasteiger partial charge is 0.482 e. The third-order valence-electron chi connectivity index (χ3n) is 4.57. The van der Waals surface area contributed by atoms with Crippen molar-refractivity contribution in [3.8, 4) is 5.75 Å². The van der Waals surface area contributed by atoms with Crippen LogP contribution in [-0.4, -0.2) is 56.7 Å². The third-order valence-corrected chi connectivity index (χ3v) is 5.10. The van der Waals surface area contributed by atoms with Gasteiger partial charge in [-0.2, -0.15) is 0 Å². The van der Waals surface area contributed by atoms with Crippen LogP contribution >= 0.6 is 23.2 Å². The fourth-order valence-corrected chi connectivity index (χ4v) is 3.52. The molecule has 2 aromatic carbocycles. The second kappa shape index (κ2) is 9.96. The first-order chi connectivity index (χ1) is 13.5. The number of hydrogen-bond donors (Lipinski definition) is 1. The minimum absolute atomic E-state index is 0.109. The minimum atomic E-state index is -0.212. The molecule has 28 heavy (non-hydrogen) atoms. The average Bonchev–Trinajstić information content (AvgIpc) is 2.68. The average molecular weight is 426 g/mol. The van der Waals surface area contributed by atoms with E-state index in [0.717, 1.165) is 32.7 Å². The Kier molecular flexibility index (Phi) is 7.36. The summed E-state index contributed by atoms with van der Waals surface area (Å²) in [6, 6.07) is 11.7. The van der Waals surface area contributed by atoms with Crippen LogP contribution in [0.2, 0.25) is 10.0 Å². The molecule has 150 valence electrons. The number of halogens is 3. The molecular weight excluding hydrogens is 404 g/mol. The SMILES string of the molecule is O=C(COc1ccc(Cl)cc1Cl)NCCN1CCN(c2ccccc2F)CC1. The van der Waals surface area contributed by atoms with Crippen molar-refractivity contribution in [3.63, 3.8) is 0 Å². The molecule has 0 radical (unpaired) electrons. The fraction of sp³-hybridized carbons (Fsp3) is 0.350. The number of benzene rings is 2. The highest BCUT2D eigenvalue weighted by molar-refractivity contribution is 6.35. The van der Waals surface area contributed by atoms with E-state index in [2.05, 4.69) is 10.2 Å². The molecule has 1 heterocycles. The molecule has 0 spiro atoms. The van der Waals surface area contributed by atoms with Gasteiger partial charge in [0.1, 0.15) is 11.6 Å². The second-order valence-electron chi connectivity index (χ2n) is 6.49. The van der Waals surface area contributed by atoms with Crippen LogP contribution in [0.5, 0.6) is 5.75 Å². The molecule has 3 rings (SSSR count). The highest BCUT2D eigenvalue weighted by atomic mass is 35.5. The summed E-state index contributed by atoms with van der Waals surface area (Å²) in [5.74, 6) is 0.0190. The summed E-state index contributed by atoms with van der Waals surface area (Å²) in [6.07, 6.45) is 0. The summed E-state index contributed by atoms with van der Waals surface area (Å²) in [5, 5.41) is 3.71. The number of amides is 1. The molecule has 0 bridgehead atoms. The third kappa shape index (κ3) is 5.74. The van der Waals surface area contributed by atoms with Crippen LogP contribution in [0.3, 0.4) is 0 Å². The van der Waals surface area contributed by atoms with Gasteiger partial charge in [-0.15, -0.1) is 0 Å². The van der Waals surface area contributed by atoms with E-state index in [-0.39, 0.29) is 18.3 Å². The highest BCUT2D eigenvalue weighted by Crippen LogP contribution is 2.27. The number of carbonyl (C=O) groups is 1. The topological polar surface area (TPSA) is 44.8 Å². The maximum absolute atomic E-state index is 13.9. The van der Waals surface area contributed by atoms with Crippen LogP contribution in [0.1, 0.15) is 0 Å². The van der Waals surface area contributed by atoms with Crippen molar-refractivity contribution < 1.29 is 13.9 Å². The molecule has 0 aromatic heterocycles. The fourth-order valence-electron chi connectivity index (χ4n) is 3.06. The lowest BCUT2D eigenvalue weighted by Crippen LogP contribution is -2.49. The van der Waals surface area contributed by atoms with Crippen molar-refractivity contribution in [3.05, 3.63) is 58.3 Å². The van der Waals surface area contributed by atoms with E-state index < -0.39 is 0 Å². The summed E-state index contributed by atoms with van der Waals surface area (Å²) in [4.78, 5) is 16.2. The predicted octanol–water partition coefficient (Wildman–Crippen LogP) is 3.45. The monoisotopic (exact) mass is 425 g/mol. The van der Waals surface area contributed by atoms with Gasteiger partial charge in [0.25, 0.3) is 5.91 Å². The van der Waals surface area contributed by atoms with Crippen molar-refractivity contribution in [1.29, 1.82) is 0 Å². The zero-order valence-electron chi connectivity index (χ0n) is 15.3. The van der Waals surface area contributed by atoms with Gasteiger partial charge in [0.15, 0.2) is 6.61 Å². The quantitative estimate of drug-likeness (QED) is 0.737. The Balaban J connectivity index is 1.34. The Labute approximate surface area is 174 Å². The van der Waals surface area contributed by atoms with E-state index in [9.17, 15) is 9.18 Å². The number of carbonyl (C=O) groups excluding carboxylic acids is 1. The maximum Gasteiger partial charge on any atom is 0.257 e. The van der Waals surface area contributed by atoms with Crippen LogP contribution in [0, 0.1) is 5.82 Å². The van der Waals surface area contributed by atoms with Gasteiger partial charge in [-0.3, -0.25) is 9.69 Å². The van der Waals surface area contributed by atoms with E-state index in [4.69, 9.17) is 27.9 Å². The van der Waals surface area contributed by atoms with Crippen LogP contribution in [0.15, 0.2) is 42.5 Å². The summed E-state index contributed by atoms with van der Waals surface area (Å²) in [7, 11) is 0. The normalized spacial score (nSPS) is 14.8. The van der Waals surface area contributed by atoms with Gasteiger partial charge in [-0.1, -0.05) is 35.3 Å². The Bertz CT molecular complexity index is 814. The number of nitrogens with one attached hydrogen (secondary N) is 1. The smallest absolute Gasteiger partial charge is 0.257 e. The Morgan fingerprint density at radius 2 is 1.86 bits per heavy atom. The molecule has 0 aliphatic carbocycles. The van der Waals surface area contributed by atoms with Gasteiger partial charge in [0, 0.05) is 44.3 Å². The molecule has 1 aliphatic rings. The predicted molar refractivity (Wildman–Crippen MR) is 110 cm³/mol. The molecule has 1 amide bonds. The number of nitrogens with zero attached hydrogens (tertiary/aromatic N) is 2. The van der Waals surface area contributed by atoms with Crippen LogP contribution < -0.4 is 15.0 Å². The number of ether oxygens (including phenoxy) is 1. The van der Waals surface area contributed by atoms with E-state index in [0.29, 0.717) is 28.0 Å². The standard InChI is InChI=1S/C20H22Cl2FN3O2/c21-15-5-6-19(16(22)13-15)28-14-20(27)24-7-8-25-9-11-26(12-10-25)18-4-2-1-3-17(18)23/h1-6,13H,7-12,14H2,(H,24,27). The molecule has 2 aromatic rings. The first-order valence-corrected chi connectivity index (χ1v) is 9.85. The van der Waals surface area contributed by atoms with Gasteiger partial charge in [-0.05, 0) is 30.3 Å².